The number of carbonyl (C=O) groups excluding carboxylic acids is 1. The van der Waals surface area contributed by atoms with E-state index >= 15 is 0 Å². The molecule has 0 saturated heterocycles. The third-order valence-corrected chi connectivity index (χ3v) is 1.29. The Morgan fingerprint density at radius 3 is 2.58 bits per heavy atom. The lowest BCUT2D eigenvalue weighted by Gasteiger charge is -1.88. The maximum absolute atomic E-state index is 10.6. The molecule has 0 fully saturated rings. The molecule has 0 aromatic carbocycles. The van der Waals surface area contributed by atoms with Gasteiger partial charge in [-0.25, -0.2) is 4.79 Å². The number of rotatable bonds is 2. The van der Waals surface area contributed by atoms with Crippen molar-refractivity contribution in [3.63, 3.8) is 0 Å². The van der Waals surface area contributed by atoms with Gasteiger partial charge in [0.25, 0.3) is 5.91 Å². The van der Waals surface area contributed by atoms with Crippen molar-refractivity contribution >= 4 is 11.9 Å². The van der Waals surface area contributed by atoms with Crippen LogP contribution >= 0.6 is 0 Å². The van der Waals surface area contributed by atoms with Gasteiger partial charge in [0.2, 0.25) is 0 Å². The lowest BCUT2D eigenvalue weighted by Crippen LogP contribution is -2.15. The Bertz CT molecular complexity index is 310. The summed E-state index contributed by atoms with van der Waals surface area (Å²) in [5.41, 5.74) is 4.49. The highest BCUT2D eigenvalue weighted by Crippen LogP contribution is 2.04. The van der Waals surface area contributed by atoms with E-state index in [2.05, 4.69) is 5.10 Å². The summed E-state index contributed by atoms with van der Waals surface area (Å²) >= 11 is 0. The lowest BCUT2D eigenvalue weighted by molar-refractivity contribution is 0.0692. The highest BCUT2D eigenvalue weighted by molar-refractivity contribution is 6.02. The van der Waals surface area contributed by atoms with Gasteiger partial charge in [-0.1, -0.05) is 0 Å². The molecule has 0 saturated carbocycles. The molecule has 1 aromatic heterocycles. The second-order valence-electron chi connectivity index (χ2n) is 2.23. The fourth-order valence-corrected chi connectivity index (χ4v) is 0.827. The van der Waals surface area contributed by atoms with E-state index < -0.39 is 11.9 Å². The smallest absolute Gasteiger partial charge is 0.339 e. The van der Waals surface area contributed by atoms with Gasteiger partial charge in [-0.2, -0.15) is 5.10 Å². The molecule has 0 unspecified atom stereocenters. The molecule has 0 aliphatic carbocycles. The number of hydrogen-bond acceptors (Lipinski definition) is 3. The van der Waals surface area contributed by atoms with Crippen LogP contribution in [0.15, 0.2) is 6.20 Å². The van der Waals surface area contributed by atoms with Gasteiger partial charge in [0.15, 0.2) is 5.69 Å². The number of nitrogens with two attached hydrogens (primary N) is 1. The molecule has 0 radical (unpaired) electrons. The Morgan fingerprint density at radius 2 is 2.25 bits per heavy atom. The molecule has 6 nitrogen and oxygen atoms in total. The highest BCUT2D eigenvalue weighted by atomic mass is 16.4. The van der Waals surface area contributed by atoms with Crippen molar-refractivity contribution in [3.05, 3.63) is 17.5 Å². The number of carboxylic acids is 1. The summed E-state index contributed by atoms with van der Waals surface area (Å²) in [6.45, 7) is 0. The monoisotopic (exact) mass is 169 g/mol. The fraction of sp³-hybridized carbons (Fsp3) is 0.167. The molecule has 0 atom stereocenters. The molecule has 1 amide bonds. The van der Waals surface area contributed by atoms with Crippen LogP contribution in [0.25, 0.3) is 0 Å². The normalized spacial score (nSPS) is 9.75. The second kappa shape index (κ2) is 2.65. The average Bonchev–Trinajstić information content (AvgIpc) is 2.31. The Hall–Kier alpha value is -1.85. The Labute approximate surface area is 67.6 Å². The van der Waals surface area contributed by atoms with E-state index in [-0.39, 0.29) is 11.3 Å². The fourth-order valence-electron chi connectivity index (χ4n) is 0.827. The van der Waals surface area contributed by atoms with E-state index in [1.165, 1.54) is 17.9 Å². The number of nitrogens with zero attached hydrogens (tertiary/aromatic N) is 2. The minimum atomic E-state index is -1.21. The van der Waals surface area contributed by atoms with Crippen LogP contribution in [0.1, 0.15) is 20.8 Å². The Morgan fingerprint density at radius 1 is 1.67 bits per heavy atom. The third kappa shape index (κ3) is 1.26. The quantitative estimate of drug-likeness (QED) is 0.606. The summed E-state index contributed by atoms with van der Waals surface area (Å²) in [6.07, 6.45) is 1.22. The summed E-state index contributed by atoms with van der Waals surface area (Å²) in [5.74, 6) is -2.05. The standard InChI is InChI=1S/C6H7N3O3/c1-9-2-3(6(11)12)4(8-9)5(7)10/h2H,1H3,(H2,7,10)(H,11,12). The predicted molar refractivity (Wildman–Crippen MR) is 38.7 cm³/mol. The SMILES string of the molecule is Cn1cc(C(=O)O)c(C(N)=O)n1. The largest absolute Gasteiger partial charge is 0.478 e. The topological polar surface area (TPSA) is 98.2 Å². The first kappa shape index (κ1) is 8.25. The van der Waals surface area contributed by atoms with Crippen LogP contribution in [0.2, 0.25) is 0 Å². The summed E-state index contributed by atoms with van der Waals surface area (Å²) in [6, 6.07) is 0. The number of aryl methyl sites for hydroxylation is 1. The van der Waals surface area contributed by atoms with Gasteiger partial charge in [0.1, 0.15) is 5.56 Å². The van der Waals surface area contributed by atoms with Crippen LogP contribution in [0.3, 0.4) is 0 Å². The van der Waals surface area contributed by atoms with E-state index in [1.807, 2.05) is 0 Å². The number of amides is 1. The highest BCUT2D eigenvalue weighted by Gasteiger charge is 2.18. The van der Waals surface area contributed by atoms with Crippen LogP contribution in [0.5, 0.6) is 0 Å². The Kier molecular flexibility index (Phi) is 1.82. The van der Waals surface area contributed by atoms with Crippen molar-refractivity contribution in [1.29, 1.82) is 0 Å². The van der Waals surface area contributed by atoms with Crippen LogP contribution in [-0.4, -0.2) is 26.8 Å². The van der Waals surface area contributed by atoms with Crippen molar-refractivity contribution in [1.82, 2.24) is 9.78 Å². The van der Waals surface area contributed by atoms with Crippen LogP contribution in [-0.2, 0) is 7.05 Å². The summed E-state index contributed by atoms with van der Waals surface area (Å²) in [4.78, 5) is 21.1. The maximum atomic E-state index is 10.6. The number of carboxylic acid groups (broad SMARTS) is 1. The van der Waals surface area contributed by atoms with Gasteiger partial charge < -0.3 is 10.8 Å². The molecule has 1 rings (SSSR count). The Balaban J connectivity index is 3.26. The summed E-state index contributed by atoms with van der Waals surface area (Å²) in [7, 11) is 1.51. The molecule has 12 heavy (non-hydrogen) atoms. The van der Waals surface area contributed by atoms with Gasteiger partial charge in [0, 0.05) is 13.2 Å². The predicted octanol–water partition coefficient (Wildman–Crippen LogP) is -0.783. The zero-order valence-corrected chi connectivity index (χ0v) is 6.31. The second-order valence-corrected chi connectivity index (χ2v) is 2.23. The summed E-state index contributed by atoms with van der Waals surface area (Å²) in [5, 5.41) is 12.2. The van der Waals surface area contributed by atoms with Gasteiger partial charge in [-0.15, -0.1) is 0 Å². The molecule has 6 heteroatoms. The van der Waals surface area contributed by atoms with Crippen molar-refractivity contribution in [2.75, 3.05) is 0 Å². The zero-order valence-electron chi connectivity index (χ0n) is 6.31. The minimum Gasteiger partial charge on any atom is -0.478 e. The molecule has 0 aliphatic rings. The molecule has 0 spiro atoms. The van der Waals surface area contributed by atoms with Crippen molar-refractivity contribution in [3.8, 4) is 0 Å². The first-order valence-electron chi connectivity index (χ1n) is 3.09. The molecule has 1 aromatic rings. The van der Waals surface area contributed by atoms with Gasteiger partial charge in [-0.05, 0) is 0 Å². The van der Waals surface area contributed by atoms with E-state index in [1.54, 1.807) is 0 Å². The average molecular weight is 169 g/mol. The van der Waals surface area contributed by atoms with E-state index in [4.69, 9.17) is 10.8 Å². The lowest BCUT2D eigenvalue weighted by atomic mass is 10.2. The van der Waals surface area contributed by atoms with Crippen molar-refractivity contribution < 1.29 is 14.7 Å². The first-order valence-corrected chi connectivity index (χ1v) is 3.09. The van der Waals surface area contributed by atoms with Gasteiger partial charge >= 0.3 is 5.97 Å². The molecule has 64 valence electrons. The molecule has 3 N–H and O–H groups in total. The zero-order chi connectivity index (χ0) is 9.30. The summed E-state index contributed by atoms with van der Waals surface area (Å²) < 4.78 is 1.23. The third-order valence-electron chi connectivity index (χ3n) is 1.29. The number of carbonyl (C=O) groups is 2. The van der Waals surface area contributed by atoms with Crippen LogP contribution < -0.4 is 5.73 Å². The number of aromatic carboxylic acids is 1. The minimum absolute atomic E-state index is 0.176. The van der Waals surface area contributed by atoms with Crippen LogP contribution in [0.4, 0.5) is 0 Å². The molecule has 1 heterocycles. The van der Waals surface area contributed by atoms with E-state index in [0.717, 1.165) is 0 Å². The number of primary amides is 1. The molecular formula is C6H7N3O3. The number of hydrogen-bond donors (Lipinski definition) is 2. The first-order chi connectivity index (χ1) is 5.52. The molecule has 0 aliphatic heterocycles. The van der Waals surface area contributed by atoms with Crippen LogP contribution in [0, 0.1) is 0 Å². The van der Waals surface area contributed by atoms with Crippen molar-refractivity contribution in [2.45, 2.75) is 0 Å². The van der Waals surface area contributed by atoms with Gasteiger partial charge in [-0.3, -0.25) is 9.48 Å². The number of aromatic nitrogens is 2. The van der Waals surface area contributed by atoms with E-state index in [9.17, 15) is 9.59 Å². The van der Waals surface area contributed by atoms with Gasteiger partial charge in [0.05, 0.1) is 0 Å². The van der Waals surface area contributed by atoms with Crippen molar-refractivity contribution in [2.24, 2.45) is 12.8 Å². The molecule has 0 bridgehead atoms. The maximum Gasteiger partial charge on any atom is 0.339 e. The molecular weight excluding hydrogens is 162 g/mol. The van der Waals surface area contributed by atoms with E-state index in [0.29, 0.717) is 0 Å².